The van der Waals surface area contributed by atoms with Crippen molar-refractivity contribution in [3.63, 3.8) is 0 Å². The van der Waals surface area contributed by atoms with Gasteiger partial charge >= 0.3 is 0 Å². The van der Waals surface area contributed by atoms with Gasteiger partial charge in [-0.3, -0.25) is 4.31 Å². The maximum absolute atomic E-state index is 13.3. The Morgan fingerprint density at radius 3 is 2.28 bits per heavy atom. The number of methoxy groups -OCH3 is 1. The molecule has 0 unspecified atom stereocenters. The first-order valence-corrected chi connectivity index (χ1v) is 9.37. The minimum atomic E-state index is -3.79. The molecule has 0 aromatic heterocycles. The van der Waals surface area contributed by atoms with Gasteiger partial charge in [-0.25, -0.2) is 8.42 Å². The summed E-state index contributed by atoms with van der Waals surface area (Å²) in [6, 6.07) is 12.6. The highest BCUT2D eigenvalue weighted by atomic mass is 32.2. The first-order chi connectivity index (χ1) is 11.8. The average Bonchev–Trinajstić information content (AvgIpc) is 2.58. The second-order valence-electron chi connectivity index (χ2n) is 5.91. The predicted octanol–water partition coefficient (Wildman–Crippen LogP) is 3.73. The summed E-state index contributed by atoms with van der Waals surface area (Å²) in [7, 11) is -2.23. The van der Waals surface area contributed by atoms with Crippen LogP contribution in [-0.4, -0.2) is 22.1 Å². The third-order valence-corrected chi connectivity index (χ3v) is 5.98. The molecule has 0 spiro atoms. The highest BCUT2D eigenvalue weighted by Gasteiger charge is 2.27. The summed E-state index contributed by atoms with van der Waals surface area (Å²) in [6.45, 7) is 5.59. The number of aryl methyl sites for hydroxylation is 3. The van der Waals surface area contributed by atoms with E-state index >= 15 is 0 Å². The third kappa shape index (κ3) is 3.94. The van der Waals surface area contributed by atoms with Crippen LogP contribution in [-0.2, 0) is 10.0 Å². The Morgan fingerprint density at radius 1 is 1.08 bits per heavy atom. The van der Waals surface area contributed by atoms with Crippen molar-refractivity contribution in [2.75, 3.05) is 18.0 Å². The van der Waals surface area contributed by atoms with E-state index in [1.807, 2.05) is 32.0 Å². The van der Waals surface area contributed by atoms with Crippen molar-refractivity contribution in [3.8, 4) is 11.8 Å². The molecule has 2 rings (SSSR count). The lowest BCUT2D eigenvalue weighted by Crippen LogP contribution is -2.32. The van der Waals surface area contributed by atoms with E-state index in [-0.39, 0.29) is 17.9 Å². The first kappa shape index (κ1) is 18.8. The molecule has 2 aromatic carbocycles. The smallest absolute Gasteiger partial charge is 0.264 e. The van der Waals surface area contributed by atoms with E-state index < -0.39 is 10.0 Å². The van der Waals surface area contributed by atoms with Crippen molar-refractivity contribution >= 4 is 15.7 Å². The SMILES string of the molecule is COc1cc(C)c(S(=O)(=O)N(CCC#N)c2ccc(C)cc2)cc1C. The van der Waals surface area contributed by atoms with E-state index in [1.165, 1.54) is 4.31 Å². The predicted molar refractivity (Wildman–Crippen MR) is 98.4 cm³/mol. The van der Waals surface area contributed by atoms with Gasteiger partial charge in [0.2, 0.25) is 0 Å². The molecule has 0 aliphatic heterocycles. The number of rotatable bonds is 6. The fraction of sp³-hybridized carbons (Fsp3) is 0.316. The van der Waals surface area contributed by atoms with Crippen LogP contribution in [0.15, 0.2) is 41.3 Å². The molecule has 0 saturated carbocycles. The van der Waals surface area contributed by atoms with Gasteiger partial charge in [0.05, 0.1) is 30.2 Å². The van der Waals surface area contributed by atoms with Crippen LogP contribution in [0.3, 0.4) is 0 Å². The Kier molecular flexibility index (Phi) is 5.70. The molecule has 0 aliphatic carbocycles. The Morgan fingerprint density at radius 2 is 1.72 bits per heavy atom. The molecule has 2 aromatic rings. The van der Waals surface area contributed by atoms with Crippen LogP contribution in [0.2, 0.25) is 0 Å². The largest absolute Gasteiger partial charge is 0.496 e. The van der Waals surface area contributed by atoms with Crippen LogP contribution in [0.4, 0.5) is 5.69 Å². The van der Waals surface area contributed by atoms with Crippen molar-refractivity contribution in [1.29, 1.82) is 5.26 Å². The highest BCUT2D eigenvalue weighted by Crippen LogP contribution is 2.30. The van der Waals surface area contributed by atoms with Crippen LogP contribution in [0.25, 0.3) is 0 Å². The number of benzene rings is 2. The number of hydrogen-bond donors (Lipinski definition) is 0. The van der Waals surface area contributed by atoms with Gasteiger partial charge in [-0.15, -0.1) is 0 Å². The lowest BCUT2D eigenvalue weighted by molar-refractivity contribution is 0.411. The minimum Gasteiger partial charge on any atom is -0.496 e. The molecule has 132 valence electrons. The Bertz CT molecular complexity index is 898. The van der Waals surface area contributed by atoms with E-state index in [0.29, 0.717) is 17.0 Å². The van der Waals surface area contributed by atoms with Crippen LogP contribution in [0, 0.1) is 32.1 Å². The zero-order valence-electron chi connectivity index (χ0n) is 14.9. The Balaban J connectivity index is 2.57. The molecule has 6 heteroatoms. The summed E-state index contributed by atoms with van der Waals surface area (Å²) in [5.41, 5.74) is 2.94. The number of ether oxygens (including phenoxy) is 1. The molecule has 5 nitrogen and oxygen atoms in total. The highest BCUT2D eigenvalue weighted by molar-refractivity contribution is 7.92. The lowest BCUT2D eigenvalue weighted by Gasteiger charge is -2.25. The molecule has 0 saturated heterocycles. The maximum Gasteiger partial charge on any atom is 0.264 e. The van der Waals surface area contributed by atoms with Gasteiger partial charge in [-0.05, 0) is 56.2 Å². The number of nitriles is 1. The molecular weight excluding hydrogens is 336 g/mol. The van der Waals surface area contributed by atoms with Gasteiger partial charge < -0.3 is 4.74 Å². The van der Waals surface area contributed by atoms with Crippen LogP contribution in [0.5, 0.6) is 5.75 Å². The Labute approximate surface area is 149 Å². The maximum atomic E-state index is 13.3. The van der Waals surface area contributed by atoms with Gasteiger partial charge in [-0.1, -0.05) is 17.7 Å². The molecule has 0 bridgehead atoms. The summed E-state index contributed by atoms with van der Waals surface area (Å²) >= 11 is 0. The zero-order valence-corrected chi connectivity index (χ0v) is 15.7. The summed E-state index contributed by atoms with van der Waals surface area (Å²) in [5, 5.41) is 8.92. The normalized spacial score (nSPS) is 11.0. The monoisotopic (exact) mass is 358 g/mol. The topological polar surface area (TPSA) is 70.4 Å². The fourth-order valence-corrected chi connectivity index (χ4v) is 4.39. The quantitative estimate of drug-likeness (QED) is 0.789. The number of anilines is 1. The van der Waals surface area contributed by atoms with Crippen molar-refractivity contribution < 1.29 is 13.2 Å². The van der Waals surface area contributed by atoms with Crippen molar-refractivity contribution in [3.05, 3.63) is 53.1 Å². The molecule has 0 amide bonds. The fourth-order valence-electron chi connectivity index (χ4n) is 2.63. The number of sulfonamides is 1. The van der Waals surface area contributed by atoms with Gasteiger partial charge in [0, 0.05) is 6.54 Å². The third-order valence-electron chi connectivity index (χ3n) is 4.01. The van der Waals surface area contributed by atoms with Crippen molar-refractivity contribution in [2.45, 2.75) is 32.1 Å². The van der Waals surface area contributed by atoms with Gasteiger partial charge in [0.25, 0.3) is 10.0 Å². The van der Waals surface area contributed by atoms with E-state index in [9.17, 15) is 8.42 Å². The summed E-state index contributed by atoms with van der Waals surface area (Å²) in [4.78, 5) is 0.226. The first-order valence-electron chi connectivity index (χ1n) is 7.93. The summed E-state index contributed by atoms with van der Waals surface area (Å²) < 4.78 is 33.1. The summed E-state index contributed by atoms with van der Waals surface area (Å²) in [5.74, 6) is 0.648. The minimum absolute atomic E-state index is 0.104. The molecular formula is C19H22N2O3S. The molecule has 0 atom stereocenters. The zero-order chi connectivity index (χ0) is 18.6. The molecule has 0 heterocycles. The van der Waals surface area contributed by atoms with Gasteiger partial charge in [-0.2, -0.15) is 5.26 Å². The molecule has 0 N–H and O–H groups in total. The van der Waals surface area contributed by atoms with Crippen LogP contribution >= 0.6 is 0 Å². The van der Waals surface area contributed by atoms with Crippen molar-refractivity contribution in [2.24, 2.45) is 0 Å². The lowest BCUT2D eigenvalue weighted by atomic mass is 10.1. The van der Waals surface area contributed by atoms with E-state index in [0.717, 1.165) is 11.1 Å². The van der Waals surface area contributed by atoms with E-state index in [4.69, 9.17) is 10.00 Å². The second-order valence-corrected chi connectivity index (χ2v) is 7.74. The van der Waals surface area contributed by atoms with Crippen LogP contribution in [0.1, 0.15) is 23.1 Å². The second kappa shape index (κ2) is 7.58. The average molecular weight is 358 g/mol. The van der Waals surface area contributed by atoms with Gasteiger partial charge in [0.15, 0.2) is 0 Å². The number of nitrogens with zero attached hydrogens (tertiary/aromatic N) is 2. The van der Waals surface area contributed by atoms with E-state index in [2.05, 4.69) is 0 Å². The van der Waals surface area contributed by atoms with E-state index in [1.54, 1.807) is 38.3 Å². The number of hydrogen-bond acceptors (Lipinski definition) is 4. The van der Waals surface area contributed by atoms with Crippen LogP contribution < -0.4 is 9.04 Å². The molecule has 0 radical (unpaired) electrons. The van der Waals surface area contributed by atoms with Crippen molar-refractivity contribution in [1.82, 2.24) is 0 Å². The molecule has 25 heavy (non-hydrogen) atoms. The summed E-state index contributed by atoms with van der Waals surface area (Å²) in [6.07, 6.45) is 0.112. The Hall–Kier alpha value is -2.52. The standard InChI is InChI=1S/C19H22N2O3S/c1-14-6-8-17(9-7-14)21(11-5-10-20)25(22,23)19-13-15(2)18(24-4)12-16(19)3/h6-9,12-13H,5,11H2,1-4H3. The molecule has 0 aliphatic rings. The molecule has 0 fully saturated rings. The van der Waals surface area contributed by atoms with Gasteiger partial charge in [0.1, 0.15) is 5.75 Å².